The summed E-state index contributed by atoms with van der Waals surface area (Å²) in [7, 11) is 0. The molecule has 0 bridgehead atoms. The number of nitrogens with one attached hydrogen (secondary N) is 1. The van der Waals surface area contributed by atoms with E-state index in [-0.39, 0.29) is 0 Å². The molecule has 0 unspecified atom stereocenters. The molecule has 0 aromatic carbocycles. The molecule has 0 amide bonds. The number of aromatic nitrogens is 2. The van der Waals surface area contributed by atoms with Crippen LogP contribution in [0.3, 0.4) is 0 Å². The van der Waals surface area contributed by atoms with Gasteiger partial charge < -0.3 is 15.6 Å². The van der Waals surface area contributed by atoms with Gasteiger partial charge in [-0.2, -0.15) is 0 Å². The van der Waals surface area contributed by atoms with Crippen LogP contribution in [0.5, 0.6) is 0 Å². The molecule has 1 aromatic rings. The SMILES string of the molecule is Cc1cnc(C2CCN(CCN)CC2)[nH]1. The molecule has 0 saturated carbocycles. The Bertz CT molecular complexity index is 299. The van der Waals surface area contributed by atoms with Crippen molar-refractivity contribution in [3.8, 4) is 0 Å². The van der Waals surface area contributed by atoms with E-state index in [2.05, 4.69) is 21.8 Å². The lowest BCUT2D eigenvalue weighted by Crippen LogP contribution is -2.36. The molecule has 0 radical (unpaired) electrons. The van der Waals surface area contributed by atoms with Crippen LogP contribution in [-0.2, 0) is 0 Å². The first-order chi connectivity index (χ1) is 7.29. The fourth-order valence-electron chi connectivity index (χ4n) is 2.25. The summed E-state index contributed by atoms with van der Waals surface area (Å²) in [5.41, 5.74) is 6.71. The number of likely N-dealkylation sites (tertiary alicyclic amines) is 1. The first-order valence-electron chi connectivity index (χ1n) is 5.73. The van der Waals surface area contributed by atoms with Crippen LogP contribution >= 0.6 is 0 Å². The Morgan fingerprint density at radius 2 is 2.27 bits per heavy atom. The number of nitrogens with zero attached hydrogens (tertiary/aromatic N) is 2. The Balaban J connectivity index is 1.88. The molecule has 1 aliphatic heterocycles. The zero-order valence-corrected chi connectivity index (χ0v) is 9.37. The van der Waals surface area contributed by atoms with Gasteiger partial charge in [0.25, 0.3) is 0 Å². The van der Waals surface area contributed by atoms with Crippen molar-refractivity contribution in [2.75, 3.05) is 26.2 Å². The van der Waals surface area contributed by atoms with Gasteiger partial charge in [0.1, 0.15) is 5.82 Å². The van der Waals surface area contributed by atoms with Gasteiger partial charge in [-0.05, 0) is 32.9 Å². The van der Waals surface area contributed by atoms with Crippen LogP contribution in [-0.4, -0.2) is 41.0 Å². The van der Waals surface area contributed by atoms with Gasteiger partial charge in [-0.15, -0.1) is 0 Å². The van der Waals surface area contributed by atoms with Crippen molar-refractivity contribution in [2.24, 2.45) is 5.73 Å². The Labute approximate surface area is 90.9 Å². The molecular weight excluding hydrogens is 188 g/mol. The van der Waals surface area contributed by atoms with Gasteiger partial charge in [-0.1, -0.05) is 0 Å². The molecular formula is C11H20N4. The Morgan fingerprint density at radius 3 is 2.80 bits per heavy atom. The van der Waals surface area contributed by atoms with Crippen molar-refractivity contribution in [2.45, 2.75) is 25.7 Å². The molecule has 1 aliphatic rings. The summed E-state index contributed by atoms with van der Waals surface area (Å²) in [6.45, 7) is 6.16. The summed E-state index contributed by atoms with van der Waals surface area (Å²) in [6, 6.07) is 0. The molecule has 4 heteroatoms. The highest BCUT2D eigenvalue weighted by Gasteiger charge is 2.21. The number of hydrogen-bond acceptors (Lipinski definition) is 3. The average Bonchev–Trinajstić information content (AvgIpc) is 2.67. The van der Waals surface area contributed by atoms with E-state index < -0.39 is 0 Å². The minimum atomic E-state index is 0.618. The molecule has 15 heavy (non-hydrogen) atoms. The fraction of sp³-hybridized carbons (Fsp3) is 0.727. The van der Waals surface area contributed by atoms with Crippen LogP contribution in [0.15, 0.2) is 6.20 Å². The summed E-state index contributed by atoms with van der Waals surface area (Å²) in [5.74, 6) is 1.78. The predicted molar refractivity (Wildman–Crippen MR) is 60.8 cm³/mol. The number of H-pyrrole nitrogens is 1. The van der Waals surface area contributed by atoms with Crippen molar-refractivity contribution in [3.05, 3.63) is 17.7 Å². The molecule has 0 atom stereocenters. The van der Waals surface area contributed by atoms with Crippen LogP contribution in [0.1, 0.15) is 30.3 Å². The van der Waals surface area contributed by atoms with Crippen LogP contribution < -0.4 is 5.73 Å². The summed E-state index contributed by atoms with van der Waals surface area (Å²) in [5, 5.41) is 0. The van der Waals surface area contributed by atoms with E-state index in [1.807, 2.05) is 6.20 Å². The second kappa shape index (κ2) is 4.77. The minimum Gasteiger partial charge on any atom is -0.346 e. The van der Waals surface area contributed by atoms with Gasteiger partial charge >= 0.3 is 0 Å². The lowest BCUT2D eigenvalue weighted by Gasteiger charge is -2.30. The van der Waals surface area contributed by atoms with Crippen molar-refractivity contribution in [1.82, 2.24) is 14.9 Å². The van der Waals surface area contributed by atoms with Crippen molar-refractivity contribution < 1.29 is 0 Å². The van der Waals surface area contributed by atoms with E-state index >= 15 is 0 Å². The summed E-state index contributed by atoms with van der Waals surface area (Å²) in [6.07, 6.45) is 4.32. The largest absolute Gasteiger partial charge is 0.346 e. The van der Waals surface area contributed by atoms with Crippen molar-refractivity contribution in [1.29, 1.82) is 0 Å². The highest BCUT2D eigenvalue weighted by atomic mass is 15.1. The maximum Gasteiger partial charge on any atom is 0.109 e. The molecule has 4 nitrogen and oxygen atoms in total. The molecule has 3 N–H and O–H groups in total. The first-order valence-corrected chi connectivity index (χ1v) is 5.73. The number of hydrogen-bond donors (Lipinski definition) is 2. The Morgan fingerprint density at radius 1 is 1.53 bits per heavy atom. The number of rotatable bonds is 3. The van der Waals surface area contributed by atoms with Gasteiger partial charge in [0.2, 0.25) is 0 Å². The molecule has 1 fully saturated rings. The van der Waals surface area contributed by atoms with E-state index in [0.29, 0.717) is 5.92 Å². The van der Waals surface area contributed by atoms with Gasteiger partial charge in [0.05, 0.1) is 0 Å². The van der Waals surface area contributed by atoms with Crippen molar-refractivity contribution in [3.63, 3.8) is 0 Å². The standard InChI is InChI=1S/C11H20N4/c1-9-8-13-11(14-9)10-2-5-15(6-3-10)7-4-12/h8,10H,2-7,12H2,1H3,(H,13,14). The van der Waals surface area contributed by atoms with E-state index in [9.17, 15) is 0 Å². The van der Waals surface area contributed by atoms with E-state index in [0.717, 1.165) is 31.9 Å². The summed E-state index contributed by atoms with van der Waals surface area (Å²) >= 11 is 0. The number of piperidine rings is 1. The van der Waals surface area contributed by atoms with Crippen molar-refractivity contribution >= 4 is 0 Å². The number of aromatic amines is 1. The lowest BCUT2D eigenvalue weighted by atomic mass is 9.96. The average molecular weight is 208 g/mol. The molecule has 0 aliphatic carbocycles. The predicted octanol–water partition coefficient (Wildman–Crippen LogP) is 0.856. The second-order valence-electron chi connectivity index (χ2n) is 4.36. The third-order valence-corrected chi connectivity index (χ3v) is 3.14. The van der Waals surface area contributed by atoms with Crippen LogP contribution in [0.2, 0.25) is 0 Å². The van der Waals surface area contributed by atoms with Gasteiger partial charge in [-0.25, -0.2) is 4.98 Å². The molecule has 2 heterocycles. The smallest absolute Gasteiger partial charge is 0.109 e. The fourth-order valence-corrected chi connectivity index (χ4v) is 2.25. The van der Waals surface area contributed by atoms with E-state index in [1.54, 1.807) is 0 Å². The molecule has 84 valence electrons. The number of imidazole rings is 1. The van der Waals surface area contributed by atoms with Crippen LogP contribution in [0.4, 0.5) is 0 Å². The normalized spacial score (nSPS) is 19.6. The highest BCUT2D eigenvalue weighted by molar-refractivity contribution is 5.04. The first kappa shape index (κ1) is 10.6. The molecule has 1 saturated heterocycles. The summed E-state index contributed by atoms with van der Waals surface area (Å²) < 4.78 is 0. The van der Waals surface area contributed by atoms with Gasteiger partial charge in [-0.3, -0.25) is 0 Å². The lowest BCUT2D eigenvalue weighted by molar-refractivity contribution is 0.215. The highest BCUT2D eigenvalue weighted by Crippen LogP contribution is 2.25. The van der Waals surface area contributed by atoms with Gasteiger partial charge in [0.15, 0.2) is 0 Å². The Kier molecular flexibility index (Phi) is 3.38. The quantitative estimate of drug-likeness (QED) is 0.774. The van der Waals surface area contributed by atoms with Gasteiger partial charge in [0, 0.05) is 30.9 Å². The molecule has 1 aromatic heterocycles. The number of aryl methyl sites for hydroxylation is 1. The number of nitrogens with two attached hydrogens (primary N) is 1. The zero-order chi connectivity index (χ0) is 10.7. The van der Waals surface area contributed by atoms with E-state index in [4.69, 9.17) is 5.73 Å². The third-order valence-electron chi connectivity index (χ3n) is 3.14. The minimum absolute atomic E-state index is 0.618. The monoisotopic (exact) mass is 208 g/mol. The third kappa shape index (κ3) is 2.58. The van der Waals surface area contributed by atoms with E-state index in [1.165, 1.54) is 18.7 Å². The topological polar surface area (TPSA) is 57.9 Å². The maximum atomic E-state index is 5.55. The summed E-state index contributed by atoms with van der Waals surface area (Å²) in [4.78, 5) is 10.2. The van der Waals surface area contributed by atoms with Crippen LogP contribution in [0.25, 0.3) is 0 Å². The zero-order valence-electron chi connectivity index (χ0n) is 9.37. The Hall–Kier alpha value is -0.870. The molecule has 2 rings (SSSR count). The van der Waals surface area contributed by atoms with Crippen LogP contribution in [0, 0.1) is 6.92 Å². The second-order valence-corrected chi connectivity index (χ2v) is 4.36. The maximum absolute atomic E-state index is 5.55. The molecule has 0 spiro atoms.